The Bertz CT molecular complexity index is 777. The predicted molar refractivity (Wildman–Crippen MR) is 135 cm³/mol. The second kappa shape index (κ2) is 14.1. The van der Waals surface area contributed by atoms with Crippen LogP contribution in [-0.4, -0.2) is 56.0 Å². The number of carbonyl (C=O) groups excluding carboxylic acids is 1. The minimum Gasteiger partial charge on any atom is -0.468 e. The van der Waals surface area contributed by atoms with Crippen molar-refractivity contribution in [2.24, 2.45) is 4.99 Å². The van der Waals surface area contributed by atoms with E-state index in [4.69, 9.17) is 4.42 Å². The Morgan fingerprint density at radius 2 is 1.87 bits per heavy atom. The largest absolute Gasteiger partial charge is 0.468 e. The predicted octanol–water partition coefficient (Wildman–Crippen LogP) is 2.95. The molecule has 2 heterocycles. The van der Waals surface area contributed by atoms with Crippen molar-refractivity contribution in [3.05, 3.63) is 60.1 Å². The van der Waals surface area contributed by atoms with Crippen LogP contribution in [0.3, 0.4) is 0 Å². The molecule has 3 rings (SSSR count). The molecule has 0 saturated carbocycles. The maximum absolute atomic E-state index is 12.2. The normalized spacial score (nSPS) is 15.2. The summed E-state index contributed by atoms with van der Waals surface area (Å²) < 4.78 is 5.67. The molecule has 1 unspecified atom stereocenters. The van der Waals surface area contributed by atoms with E-state index in [1.165, 1.54) is 18.4 Å². The second-order valence-corrected chi connectivity index (χ2v) is 7.44. The van der Waals surface area contributed by atoms with Gasteiger partial charge >= 0.3 is 0 Å². The fourth-order valence-electron chi connectivity index (χ4n) is 3.68. The fourth-order valence-corrected chi connectivity index (χ4v) is 3.68. The Hall–Kier alpha value is -2.07. The number of amides is 1. The summed E-state index contributed by atoms with van der Waals surface area (Å²) in [5.41, 5.74) is 1.21. The molecule has 0 radical (unpaired) electrons. The third-order valence-corrected chi connectivity index (χ3v) is 5.22. The lowest BCUT2D eigenvalue weighted by Gasteiger charge is -2.26. The number of nitrogens with zero attached hydrogens (tertiary/aromatic N) is 2. The number of nitrogens with one attached hydrogen (secondary N) is 3. The summed E-state index contributed by atoms with van der Waals surface area (Å²) >= 11 is 0. The van der Waals surface area contributed by atoms with E-state index in [-0.39, 0.29) is 42.5 Å². The number of furan rings is 1. The number of carbonyl (C=O) groups is 1. The molecule has 1 atom stereocenters. The summed E-state index contributed by atoms with van der Waals surface area (Å²) in [6, 6.07) is 14.2. The van der Waals surface area contributed by atoms with E-state index in [0.717, 1.165) is 31.8 Å². The van der Waals surface area contributed by atoms with Crippen molar-refractivity contribution in [3.8, 4) is 0 Å². The van der Waals surface area contributed by atoms with Crippen LogP contribution in [0.1, 0.15) is 37.1 Å². The molecule has 1 aromatic carbocycles. The van der Waals surface area contributed by atoms with Crippen molar-refractivity contribution in [1.82, 2.24) is 20.9 Å². The number of halogens is 1. The standard InChI is InChI=1S/C23H33N5O2.HI/c1-2-24-23(27-18-22(29)25-13-12-19-9-4-3-5-10-19)26-17-20(21-11-8-16-30-21)28-14-6-7-15-28;/h3-5,8-11,16,20H,2,6-7,12-15,17-18H2,1H3,(H,25,29)(H2,24,26,27);1H. The fraction of sp³-hybridized carbons (Fsp3) is 0.478. The molecule has 1 amide bonds. The number of likely N-dealkylation sites (tertiary alicyclic amines) is 1. The van der Waals surface area contributed by atoms with Gasteiger partial charge in [-0.15, -0.1) is 24.0 Å². The van der Waals surface area contributed by atoms with Gasteiger partial charge in [-0.2, -0.15) is 0 Å². The lowest BCUT2D eigenvalue weighted by molar-refractivity contribution is -0.119. The smallest absolute Gasteiger partial charge is 0.241 e. The van der Waals surface area contributed by atoms with Gasteiger partial charge in [0.05, 0.1) is 12.3 Å². The molecule has 1 aromatic heterocycles. The maximum Gasteiger partial charge on any atom is 0.241 e. The summed E-state index contributed by atoms with van der Waals surface area (Å²) in [4.78, 5) is 19.1. The number of hydrogen-bond donors (Lipinski definition) is 3. The number of hydrogen-bond acceptors (Lipinski definition) is 4. The van der Waals surface area contributed by atoms with Gasteiger partial charge in [0.15, 0.2) is 5.96 Å². The Morgan fingerprint density at radius 3 is 2.55 bits per heavy atom. The molecule has 1 fully saturated rings. The number of guanidine groups is 1. The summed E-state index contributed by atoms with van der Waals surface area (Å²) in [6.07, 6.45) is 4.97. The van der Waals surface area contributed by atoms with Crippen molar-refractivity contribution in [2.75, 3.05) is 39.3 Å². The van der Waals surface area contributed by atoms with Gasteiger partial charge < -0.3 is 20.4 Å². The number of rotatable bonds is 10. The lowest BCUT2D eigenvalue weighted by atomic mass is 10.1. The van der Waals surface area contributed by atoms with Gasteiger partial charge in [-0.05, 0) is 57.0 Å². The molecule has 8 heteroatoms. The molecule has 0 bridgehead atoms. The molecule has 2 aromatic rings. The summed E-state index contributed by atoms with van der Waals surface area (Å²) in [7, 11) is 0. The lowest BCUT2D eigenvalue weighted by Crippen LogP contribution is -2.43. The van der Waals surface area contributed by atoms with Crippen LogP contribution < -0.4 is 16.0 Å². The van der Waals surface area contributed by atoms with E-state index in [0.29, 0.717) is 19.0 Å². The highest BCUT2D eigenvalue weighted by Crippen LogP contribution is 2.24. The molecule has 7 nitrogen and oxygen atoms in total. The molecule has 1 aliphatic heterocycles. The van der Waals surface area contributed by atoms with Crippen LogP contribution in [0.15, 0.2) is 58.1 Å². The highest BCUT2D eigenvalue weighted by molar-refractivity contribution is 14.0. The molecular weight excluding hydrogens is 505 g/mol. The molecule has 1 aliphatic rings. The topological polar surface area (TPSA) is 81.9 Å². The molecule has 0 aliphatic carbocycles. The first-order valence-corrected chi connectivity index (χ1v) is 10.9. The average Bonchev–Trinajstić information content (AvgIpc) is 3.48. The summed E-state index contributed by atoms with van der Waals surface area (Å²) in [5.74, 6) is 1.52. The van der Waals surface area contributed by atoms with Crippen LogP contribution in [0.5, 0.6) is 0 Å². The van der Waals surface area contributed by atoms with E-state index >= 15 is 0 Å². The van der Waals surface area contributed by atoms with E-state index in [1.807, 2.05) is 37.3 Å². The first-order valence-electron chi connectivity index (χ1n) is 10.9. The first kappa shape index (κ1) is 25.2. The van der Waals surface area contributed by atoms with Gasteiger partial charge in [0.25, 0.3) is 0 Å². The summed E-state index contributed by atoms with van der Waals surface area (Å²) in [5, 5.41) is 9.54. The monoisotopic (exact) mass is 539 g/mol. The molecule has 0 spiro atoms. The zero-order valence-electron chi connectivity index (χ0n) is 18.2. The molecular formula is C23H34IN5O2. The number of benzene rings is 1. The Balaban J connectivity index is 0.00000341. The van der Waals surface area contributed by atoms with Gasteiger partial charge in [-0.3, -0.25) is 9.69 Å². The van der Waals surface area contributed by atoms with Crippen LogP contribution in [-0.2, 0) is 11.2 Å². The Labute approximate surface area is 202 Å². The third-order valence-electron chi connectivity index (χ3n) is 5.22. The third kappa shape index (κ3) is 8.53. The highest BCUT2D eigenvalue weighted by atomic mass is 127. The Kier molecular flexibility index (Phi) is 11.4. The van der Waals surface area contributed by atoms with Crippen LogP contribution >= 0.6 is 24.0 Å². The van der Waals surface area contributed by atoms with Crippen molar-refractivity contribution >= 4 is 35.8 Å². The van der Waals surface area contributed by atoms with Crippen molar-refractivity contribution in [1.29, 1.82) is 0 Å². The maximum atomic E-state index is 12.2. The van der Waals surface area contributed by atoms with Gasteiger partial charge in [-0.1, -0.05) is 30.3 Å². The number of aliphatic imine (C=N–C) groups is 1. The zero-order valence-corrected chi connectivity index (χ0v) is 20.5. The van der Waals surface area contributed by atoms with E-state index in [2.05, 4.69) is 38.0 Å². The molecule has 170 valence electrons. The van der Waals surface area contributed by atoms with E-state index < -0.39 is 0 Å². The van der Waals surface area contributed by atoms with Crippen LogP contribution in [0.2, 0.25) is 0 Å². The Morgan fingerprint density at radius 1 is 1.10 bits per heavy atom. The van der Waals surface area contributed by atoms with Crippen molar-refractivity contribution in [3.63, 3.8) is 0 Å². The summed E-state index contributed by atoms with van der Waals surface area (Å²) in [6.45, 7) is 6.28. The van der Waals surface area contributed by atoms with Crippen molar-refractivity contribution < 1.29 is 9.21 Å². The van der Waals surface area contributed by atoms with Crippen LogP contribution in [0.25, 0.3) is 0 Å². The second-order valence-electron chi connectivity index (χ2n) is 7.44. The van der Waals surface area contributed by atoms with E-state index in [1.54, 1.807) is 6.26 Å². The minimum atomic E-state index is -0.0785. The van der Waals surface area contributed by atoms with Crippen molar-refractivity contribution in [2.45, 2.75) is 32.2 Å². The van der Waals surface area contributed by atoms with Gasteiger partial charge in [-0.25, -0.2) is 4.99 Å². The first-order chi connectivity index (χ1) is 14.8. The van der Waals surface area contributed by atoms with Crippen LogP contribution in [0.4, 0.5) is 0 Å². The quantitative estimate of drug-likeness (QED) is 0.246. The molecule has 31 heavy (non-hydrogen) atoms. The molecule has 3 N–H and O–H groups in total. The van der Waals surface area contributed by atoms with E-state index in [9.17, 15) is 4.79 Å². The molecule has 1 saturated heterocycles. The van der Waals surface area contributed by atoms with Gasteiger partial charge in [0.2, 0.25) is 5.91 Å². The zero-order chi connectivity index (χ0) is 21.0. The minimum absolute atomic E-state index is 0. The van der Waals surface area contributed by atoms with Crippen LogP contribution in [0, 0.1) is 0 Å². The average molecular weight is 539 g/mol. The highest BCUT2D eigenvalue weighted by Gasteiger charge is 2.25. The SMILES string of the molecule is CCNC(=NCC(=O)NCCc1ccccc1)NCC(c1ccco1)N1CCCC1.I. The van der Waals surface area contributed by atoms with Gasteiger partial charge in [0.1, 0.15) is 12.3 Å². The van der Waals surface area contributed by atoms with Gasteiger partial charge in [0, 0.05) is 19.6 Å².